The van der Waals surface area contributed by atoms with E-state index >= 15 is 0 Å². The van der Waals surface area contributed by atoms with Gasteiger partial charge in [0.25, 0.3) is 0 Å². The lowest BCUT2D eigenvalue weighted by Crippen LogP contribution is -2.68. The SMILES string of the molecule is CN1C(=Cc2cc[n+](CCCCC(=O)NC[C@H]3OC(O[C@@H]4C(O)[C@H](N)CC(N)[C@H]4O[C@H]4OC(CN)[C@@H](O)[C@H](O)C4N)[C@@H](O)[C@H]3O[C@H]3O[C@@H](CN)[C@@H](O)C(O)C3N)c3ccccc23)Sc2ccccc21. The minimum Gasteiger partial charge on any atom is -0.389 e. The quantitative estimate of drug-likeness (QED) is 0.0482. The van der Waals surface area contributed by atoms with Crippen molar-refractivity contribution in [2.75, 3.05) is 31.6 Å². The van der Waals surface area contributed by atoms with Crippen molar-refractivity contribution < 1.29 is 68.4 Å². The van der Waals surface area contributed by atoms with Gasteiger partial charge in [-0.15, -0.1) is 0 Å². The summed E-state index contributed by atoms with van der Waals surface area (Å²) in [6.45, 7) is 0.0949. The lowest BCUT2D eigenvalue weighted by atomic mass is 9.84. The molecule has 69 heavy (non-hydrogen) atoms. The third-order valence-electron chi connectivity index (χ3n) is 13.8. The van der Waals surface area contributed by atoms with Gasteiger partial charge in [-0.1, -0.05) is 36.0 Å². The summed E-state index contributed by atoms with van der Waals surface area (Å²) < 4.78 is 38.6. The average molecular weight is 987 g/mol. The molecule has 5 aliphatic rings. The molecule has 7 unspecified atom stereocenters. The predicted octanol–water partition coefficient (Wildman–Crippen LogP) is -3.92. The lowest BCUT2D eigenvalue weighted by molar-refractivity contribution is -0.671. The molecule has 1 aliphatic carbocycles. The number of anilines is 1. The van der Waals surface area contributed by atoms with Crippen LogP contribution in [0.5, 0.6) is 0 Å². The second kappa shape index (κ2) is 22.5. The van der Waals surface area contributed by atoms with Gasteiger partial charge < -0.3 is 104 Å². The van der Waals surface area contributed by atoms with Crippen LogP contribution in [0.3, 0.4) is 0 Å². The Balaban J connectivity index is 0.923. The predicted molar refractivity (Wildman–Crippen MR) is 251 cm³/mol. The van der Waals surface area contributed by atoms with Gasteiger partial charge in [0.2, 0.25) is 11.4 Å². The van der Waals surface area contributed by atoms with Crippen LogP contribution in [0.25, 0.3) is 17.0 Å². The van der Waals surface area contributed by atoms with E-state index in [-0.39, 0.29) is 38.4 Å². The summed E-state index contributed by atoms with van der Waals surface area (Å²) >= 11 is 1.74. The van der Waals surface area contributed by atoms with Gasteiger partial charge in [0, 0.05) is 68.6 Å². The number of rotatable bonds is 16. The highest BCUT2D eigenvalue weighted by Gasteiger charge is 2.54. The molecule has 1 amide bonds. The van der Waals surface area contributed by atoms with Crippen molar-refractivity contribution in [3.8, 4) is 0 Å². The highest BCUT2D eigenvalue weighted by atomic mass is 32.2. The number of fused-ring (bicyclic) bond motifs is 2. The van der Waals surface area contributed by atoms with Gasteiger partial charge in [-0.25, -0.2) is 0 Å². The van der Waals surface area contributed by atoms with Crippen molar-refractivity contribution >= 4 is 40.3 Å². The number of carbonyl (C=O) groups is 1. The van der Waals surface area contributed by atoms with Gasteiger partial charge in [0.15, 0.2) is 25.1 Å². The van der Waals surface area contributed by atoms with Gasteiger partial charge in [-0.2, -0.15) is 4.57 Å². The van der Waals surface area contributed by atoms with E-state index in [0.717, 1.165) is 21.5 Å². The van der Waals surface area contributed by atoms with Crippen molar-refractivity contribution in [1.29, 1.82) is 0 Å². The molecule has 4 aliphatic heterocycles. The monoisotopic (exact) mass is 986 g/mol. The number of aromatic nitrogens is 1. The summed E-state index contributed by atoms with van der Waals surface area (Å²) in [6, 6.07) is 14.3. The number of unbranched alkanes of at least 4 members (excludes halogenated alkanes) is 1. The third kappa shape index (κ3) is 11.0. The number of para-hydroxylation sites is 2. The van der Waals surface area contributed by atoms with E-state index in [2.05, 4.69) is 64.4 Å². The zero-order valence-electron chi connectivity index (χ0n) is 38.3. The normalized spacial score (nSPS) is 38.7. The van der Waals surface area contributed by atoms with Gasteiger partial charge >= 0.3 is 0 Å². The van der Waals surface area contributed by atoms with Crippen LogP contribution in [0.2, 0.25) is 0 Å². The Morgan fingerprint density at radius 3 is 2.01 bits per heavy atom. The molecule has 3 aromatic rings. The highest BCUT2D eigenvalue weighted by Crippen LogP contribution is 2.45. The Bertz CT molecular complexity index is 2250. The summed E-state index contributed by atoms with van der Waals surface area (Å²) in [7, 11) is 2.07. The van der Waals surface area contributed by atoms with E-state index in [9.17, 15) is 35.4 Å². The number of ether oxygens (including phenoxy) is 6. The number of nitrogens with one attached hydrogen (secondary N) is 1. The minimum atomic E-state index is -1.65. The largest absolute Gasteiger partial charge is 0.389 e. The van der Waals surface area contributed by atoms with Crippen LogP contribution < -0.4 is 49.2 Å². The fourth-order valence-corrected chi connectivity index (χ4v) is 10.7. The van der Waals surface area contributed by atoms with Crippen LogP contribution in [-0.2, 0) is 39.8 Å². The maximum atomic E-state index is 13.4. The molecule has 1 saturated carbocycles. The summed E-state index contributed by atoms with van der Waals surface area (Å²) in [5.74, 6) is -0.306. The van der Waals surface area contributed by atoms with Crippen molar-refractivity contribution in [3.63, 3.8) is 0 Å². The number of aliphatic hydroxyl groups is 6. The number of nitrogens with zero attached hydrogens (tertiary/aromatic N) is 2. The molecule has 380 valence electrons. The molecule has 4 fully saturated rings. The van der Waals surface area contributed by atoms with Gasteiger partial charge in [0.05, 0.1) is 34.3 Å². The molecule has 0 bridgehead atoms. The van der Waals surface area contributed by atoms with E-state index in [1.165, 1.54) is 10.6 Å². The van der Waals surface area contributed by atoms with E-state index in [1.807, 2.05) is 24.3 Å². The number of aryl methyl sites for hydroxylation is 1. The van der Waals surface area contributed by atoms with Gasteiger partial charge in [-0.3, -0.25) is 4.79 Å². The first-order chi connectivity index (χ1) is 33.1. The topological polar surface area (TPSA) is 369 Å². The second-order valence-electron chi connectivity index (χ2n) is 18.4. The molecule has 8 rings (SSSR count). The number of pyridine rings is 1. The summed E-state index contributed by atoms with van der Waals surface area (Å²) in [6.07, 6.45) is -14.7. The zero-order chi connectivity index (χ0) is 49.3. The molecule has 5 heterocycles. The molecule has 19 N–H and O–H groups in total. The number of aliphatic hydroxyl groups excluding tert-OH is 6. The minimum absolute atomic E-state index is 0.0637. The zero-order valence-corrected chi connectivity index (χ0v) is 39.1. The molecule has 3 saturated heterocycles. The number of hydrogen-bond acceptors (Lipinski definition) is 21. The van der Waals surface area contributed by atoms with Crippen LogP contribution in [-0.4, -0.2) is 180 Å². The third-order valence-corrected chi connectivity index (χ3v) is 14.9. The number of thioether (sulfide) groups is 1. The van der Waals surface area contributed by atoms with Crippen molar-refractivity contribution in [2.45, 2.75) is 153 Å². The molecule has 22 nitrogen and oxygen atoms in total. The van der Waals surface area contributed by atoms with Gasteiger partial charge in [0.1, 0.15) is 73.7 Å². The first kappa shape index (κ1) is 51.8. The van der Waals surface area contributed by atoms with E-state index in [4.69, 9.17) is 62.8 Å². The van der Waals surface area contributed by atoms with Crippen molar-refractivity contribution in [3.05, 3.63) is 71.4 Å². The molecule has 1 aromatic heterocycles. The first-order valence-electron chi connectivity index (χ1n) is 23.4. The highest BCUT2D eigenvalue weighted by molar-refractivity contribution is 8.03. The lowest BCUT2D eigenvalue weighted by Gasteiger charge is -2.47. The molecule has 0 radical (unpaired) electrons. The van der Waals surface area contributed by atoms with Crippen LogP contribution in [0.1, 0.15) is 31.2 Å². The fraction of sp³-hybridized carbons (Fsp3) is 0.609. The van der Waals surface area contributed by atoms with Gasteiger partial charge in [-0.05, 0) is 42.7 Å². The van der Waals surface area contributed by atoms with Crippen LogP contribution in [0.15, 0.2) is 70.7 Å². The second-order valence-corrected chi connectivity index (χ2v) is 19.5. The Hall–Kier alpha value is -3.51. The number of amides is 1. The Kier molecular flexibility index (Phi) is 16.9. The molecule has 19 atom stereocenters. The first-order valence-corrected chi connectivity index (χ1v) is 24.3. The Labute approximate surface area is 403 Å². The standard InChI is InChI=1S/C46H67N9O13S/c1-54-26-10-4-5-11-30(26)69-32(54)16-21-13-15-55(25-9-3-2-8-22(21)25)14-7-6-12-31(56)53-20-29-42(67-45-34(52)39(61)37(59)28(19-48)64-45)40(62)46(65-29)68-43-35(57)23(49)17-24(50)41(43)66-44-33(51)38(60)36(58)27(18-47)63-44/h2-5,8-11,13,15-16,23-24,27-29,33-46,57-62H,6-7,12,14,17-20,47-52H2,1H3/p+1/t23-,24?,27?,28+,29-,33?,34?,35?,36-,37-,38-,39?,40+,41-,42+,43-,44-,45-,46?/m1/s1. The van der Waals surface area contributed by atoms with Crippen LogP contribution >= 0.6 is 11.8 Å². The molecule has 23 heteroatoms. The number of hydrogen-bond donors (Lipinski definition) is 13. The maximum absolute atomic E-state index is 13.4. The number of carbonyl (C=O) groups excluding carboxylic acids is 1. The fourth-order valence-electron chi connectivity index (χ4n) is 9.64. The molecular weight excluding hydrogens is 919 g/mol. The summed E-state index contributed by atoms with van der Waals surface area (Å²) in [4.78, 5) is 16.8. The Morgan fingerprint density at radius 1 is 0.739 bits per heavy atom. The number of benzene rings is 2. The number of nitrogens with two attached hydrogens (primary N) is 6. The smallest absolute Gasteiger partial charge is 0.220 e. The van der Waals surface area contributed by atoms with Crippen molar-refractivity contribution in [2.24, 2.45) is 34.4 Å². The summed E-state index contributed by atoms with van der Waals surface area (Å²) in [5, 5.41) is 70.6. The van der Waals surface area contributed by atoms with Crippen LogP contribution in [0, 0.1) is 0 Å². The Morgan fingerprint density at radius 2 is 1.35 bits per heavy atom. The maximum Gasteiger partial charge on any atom is 0.220 e. The summed E-state index contributed by atoms with van der Waals surface area (Å²) in [5.41, 5.74) is 40.1. The van der Waals surface area contributed by atoms with E-state index in [1.54, 1.807) is 11.8 Å². The van der Waals surface area contributed by atoms with E-state index < -0.39 is 116 Å². The van der Waals surface area contributed by atoms with Crippen LogP contribution in [0.4, 0.5) is 5.69 Å². The van der Waals surface area contributed by atoms with E-state index in [0.29, 0.717) is 19.4 Å². The molecule has 0 spiro atoms. The average Bonchev–Trinajstić information content (AvgIpc) is 3.82. The molecular formula is C46H68N9O13S+. The molecule has 2 aromatic carbocycles. The van der Waals surface area contributed by atoms with Crippen molar-refractivity contribution in [1.82, 2.24) is 5.32 Å².